The molecule has 0 unspecified atom stereocenters. The Hall–Kier alpha value is -3.52. The highest BCUT2D eigenvalue weighted by Gasteiger charge is 2.12. The third-order valence-electron chi connectivity index (χ3n) is 4.75. The van der Waals surface area contributed by atoms with Gasteiger partial charge in [0.1, 0.15) is 10.8 Å². The Balaban J connectivity index is 1.43. The minimum absolute atomic E-state index is 0.108. The zero-order valence-corrected chi connectivity index (χ0v) is 18.3. The molecule has 4 aromatic rings. The predicted molar refractivity (Wildman–Crippen MR) is 121 cm³/mol. The molecule has 0 radical (unpaired) electrons. The molecule has 1 N–H and O–H groups in total. The van der Waals surface area contributed by atoms with Crippen molar-refractivity contribution in [2.24, 2.45) is 0 Å². The van der Waals surface area contributed by atoms with E-state index in [9.17, 15) is 9.59 Å². The van der Waals surface area contributed by atoms with E-state index >= 15 is 0 Å². The average molecular weight is 435 g/mol. The summed E-state index contributed by atoms with van der Waals surface area (Å²) in [6.45, 7) is 5.99. The smallest absolute Gasteiger partial charge is 0.275 e. The Labute approximate surface area is 183 Å². The van der Waals surface area contributed by atoms with Gasteiger partial charge in [-0.1, -0.05) is 58.9 Å². The van der Waals surface area contributed by atoms with E-state index in [0.717, 1.165) is 22.3 Å². The van der Waals surface area contributed by atoms with Gasteiger partial charge in [-0.05, 0) is 32.4 Å². The van der Waals surface area contributed by atoms with Crippen LogP contribution in [0.15, 0.2) is 53.3 Å². The van der Waals surface area contributed by atoms with Crippen LogP contribution in [0.25, 0.3) is 15.5 Å². The van der Waals surface area contributed by atoms with Gasteiger partial charge >= 0.3 is 0 Å². The second kappa shape index (κ2) is 8.69. The Bertz CT molecular complexity index is 1310. The van der Waals surface area contributed by atoms with E-state index in [4.69, 9.17) is 4.74 Å². The minimum atomic E-state index is -0.286. The van der Waals surface area contributed by atoms with Gasteiger partial charge < -0.3 is 10.1 Å². The van der Waals surface area contributed by atoms with Crippen LogP contribution in [0.4, 0.5) is 0 Å². The Morgan fingerprint density at radius 1 is 1.06 bits per heavy atom. The molecule has 0 saturated carbocycles. The maximum absolute atomic E-state index is 12.4. The molecule has 0 atom stereocenters. The molecule has 2 aromatic carbocycles. The van der Waals surface area contributed by atoms with E-state index < -0.39 is 0 Å². The van der Waals surface area contributed by atoms with Crippen LogP contribution in [0.3, 0.4) is 0 Å². The molecule has 1 amide bonds. The predicted octanol–water partition coefficient (Wildman–Crippen LogP) is 3.44. The Morgan fingerprint density at radius 3 is 2.55 bits per heavy atom. The largest absolute Gasteiger partial charge is 0.484 e. The van der Waals surface area contributed by atoms with Gasteiger partial charge in [0.2, 0.25) is 4.96 Å². The number of carbonyl (C=O) groups excluding carboxylic acids is 1. The molecule has 8 heteroatoms. The quantitative estimate of drug-likeness (QED) is 0.502. The highest BCUT2D eigenvalue weighted by molar-refractivity contribution is 7.19. The number of nitrogens with zero attached hydrogens (tertiary/aromatic N) is 3. The first-order valence-corrected chi connectivity index (χ1v) is 10.6. The highest BCUT2D eigenvalue weighted by Crippen LogP contribution is 2.24. The van der Waals surface area contributed by atoms with Crippen LogP contribution in [0.1, 0.15) is 22.4 Å². The minimum Gasteiger partial charge on any atom is -0.484 e. The van der Waals surface area contributed by atoms with Crippen molar-refractivity contribution >= 4 is 22.2 Å². The Morgan fingerprint density at radius 2 is 1.81 bits per heavy atom. The maximum Gasteiger partial charge on any atom is 0.275 e. The SMILES string of the molecule is Cc1ccc(-c2nn3c(=O)cc(CNC(=O)COc4ccc(C)cc4C)nc3s2)cc1. The number of aromatic nitrogens is 3. The molecule has 0 saturated heterocycles. The van der Waals surface area contributed by atoms with E-state index in [1.54, 1.807) is 0 Å². The second-order valence-corrected chi connectivity index (χ2v) is 8.34. The monoisotopic (exact) mass is 434 g/mol. The van der Waals surface area contributed by atoms with Gasteiger partial charge in [0.05, 0.1) is 12.2 Å². The number of amides is 1. The second-order valence-electron chi connectivity index (χ2n) is 7.39. The standard InChI is InChI=1S/C23H22N4O3S/c1-14-4-7-17(8-5-14)22-26-27-21(29)11-18(25-23(27)31-22)12-24-20(28)13-30-19-9-6-15(2)10-16(19)3/h4-11H,12-13H2,1-3H3,(H,24,28). The number of hydrogen-bond acceptors (Lipinski definition) is 6. The van der Waals surface area contributed by atoms with E-state index in [1.165, 1.54) is 21.9 Å². The number of rotatable bonds is 6. The number of ether oxygens (including phenoxy) is 1. The van der Waals surface area contributed by atoms with Crippen molar-refractivity contribution in [2.45, 2.75) is 27.3 Å². The fraction of sp³-hybridized carbons (Fsp3) is 0.217. The van der Waals surface area contributed by atoms with E-state index in [2.05, 4.69) is 15.4 Å². The average Bonchev–Trinajstić information content (AvgIpc) is 3.17. The highest BCUT2D eigenvalue weighted by atomic mass is 32.1. The molecule has 2 aromatic heterocycles. The van der Waals surface area contributed by atoms with E-state index in [0.29, 0.717) is 21.4 Å². The summed E-state index contributed by atoms with van der Waals surface area (Å²) < 4.78 is 6.88. The van der Waals surface area contributed by atoms with Gasteiger partial charge in [-0.2, -0.15) is 9.61 Å². The number of nitrogens with one attached hydrogen (secondary N) is 1. The van der Waals surface area contributed by atoms with Gasteiger partial charge in [-0.3, -0.25) is 9.59 Å². The topological polar surface area (TPSA) is 85.6 Å². The molecule has 0 aliphatic carbocycles. The van der Waals surface area contributed by atoms with Crippen LogP contribution in [0, 0.1) is 20.8 Å². The molecule has 0 fully saturated rings. The number of benzene rings is 2. The fourth-order valence-corrected chi connectivity index (χ4v) is 4.03. The third kappa shape index (κ3) is 4.80. The first-order valence-electron chi connectivity index (χ1n) is 9.82. The van der Waals surface area contributed by atoms with Crippen molar-refractivity contribution in [1.82, 2.24) is 19.9 Å². The van der Waals surface area contributed by atoms with Gasteiger partial charge in [-0.25, -0.2) is 4.98 Å². The summed E-state index contributed by atoms with van der Waals surface area (Å²) in [5, 5.41) is 7.84. The van der Waals surface area contributed by atoms with Gasteiger partial charge in [0.25, 0.3) is 11.5 Å². The van der Waals surface area contributed by atoms with Crippen molar-refractivity contribution in [3.63, 3.8) is 0 Å². The van der Waals surface area contributed by atoms with Crippen LogP contribution in [-0.2, 0) is 11.3 Å². The van der Waals surface area contributed by atoms with Crippen LogP contribution < -0.4 is 15.6 Å². The van der Waals surface area contributed by atoms with Crippen LogP contribution in [-0.4, -0.2) is 27.1 Å². The third-order valence-corrected chi connectivity index (χ3v) is 5.71. The normalized spacial score (nSPS) is 10.9. The van der Waals surface area contributed by atoms with Crippen molar-refractivity contribution in [1.29, 1.82) is 0 Å². The number of fused-ring (bicyclic) bond motifs is 1. The summed E-state index contributed by atoms with van der Waals surface area (Å²) in [7, 11) is 0. The molecule has 2 heterocycles. The summed E-state index contributed by atoms with van der Waals surface area (Å²) in [6, 6.07) is 15.1. The molecule has 0 aliphatic rings. The number of carbonyl (C=O) groups is 1. The summed E-state index contributed by atoms with van der Waals surface area (Å²) >= 11 is 1.33. The number of aryl methyl sites for hydroxylation is 3. The summed E-state index contributed by atoms with van der Waals surface area (Å²) in [4.78, 5) is 29.6. The molecule has 0 spiro atoms. The van der Waals surface area contributed by atoms with Gasteiger partial charge in [-0.15, -0.1) is 0 Å². The first kappa shape index (κ1) is 20.7. The van der Waals surface area contributed by atoms with Crippen LogP contribution >= 0.6 is 11.3 Å². The lowest BCUT2D eigenvalue weighted by Gasteiger charge is -2.10. The molecule has 31 heavy (non-hydrogen) atoms. The lowest BCUT2D eigenvalue weighted by Crippen LogP contribution is -2.29. The lowest BCUT2D eigenvalue weighted by atomic mass is 10.1. The lowest BCUT2D eigenvalue weighted by molar-refractivity contribution is -0.123. The van der Waals surface area contributed by atoms with E-state index in [-0.39, 0.29) is 24.6 Å². The van der Waals surface area contributed by atoms with Crippen LogP contribution in [0.5, 0.6) is 5.75 Å². The van der Waals surface area contributed by atoms with Crippen LogP contribution in [0.2, 0.25) is 0 Å². The maximum atomic E-state index is 12.4. The molecule has 0 bridgehead atoms. The molecular formula is C23H22N4O3S. The molecule has 4 rings (SSSR count). The first-order chi connectivity index (χ1) is 14.9. The van der Waals surface area contributed by atoms with Gasteiger partial charge in [0, 0.05) is 11.6 Å². The van der Waals surface area contributed by atoms with Crippen molar-refractivity contribution < 1.29 is 9.53 Å². The zero-order valence-electron chi connectivity index (χ0n) is 17.5. The number of hydrogen-bond donors (Lipinski definition) is 1. The molecule has 158 valence electrons. The zero-order chi connectivity index (χ0) is 22.0. The molecule has 0 aliphatic heterocycles. The fourth-order valence-electron chi connectivity index (χ4n) is 3.10. The summed E-state index contributed by atoms with van der Waals surface area (Å²) in [6.07, 6.45) is 0. The summed E-state index contributed by atoms with van der Waals surface area (Å²) in [5.41, 5.74) is 4.39. The van der Waals surface area contributed by atoms with Crippen molar-refractivity contribution in [3.05, 3.63) is 81.3 Å². The molecule has 7 nitrogen and oxygen atoms in total. The van der Waals surface area contributed by atoms with Crippen molar-refractivity contribution in [2.75, 3.05) is 6.61 Å². The van der Waals surface area contributed by atoms with E-state index in [1.807, 2.05) is 63.2 Å². The molecular weight excluding hydrogens is 412 g/mol. The Kier molecular flexibility index (Phi) is 5.81. The van der Waals surface area contributed by atoms with Gasteiger partial charge in [0.15, 0.2) is 6.61 Å². The summed E-state index contributed by atoms with van der Waals surface area (Å²) in [5.74, 6) is 0.387. The van der Waals surface area contributed by atoms with Crippen molar-refractivity contribution in [3.8, 4) is 16.3 Å².